The van der Waals surface area contributed by atoms with Crippen molar-refractivity contribution in [3.63, 3.8) is 0 Å². The molecule has 2 aliphatic rings. The van der Waals surface area contributed by atoms with Crippen LogP contribution in [0.2, 0.25) is 0 Å². The van der Waals surface area contributed by atoms with Crippen LogP contribution < -0.4 is 0 Å². The van der Waals surface area contributed by atoms with Gasteiger partial charge < -0.3 is 10.0 Å². The molecule has 3 aromatic rings. The van der Waals surface area contributed by atoms with E-state index in [0.717, 1.165) is 29.4 Å². The molecule has 5 rings (SSSR count). The molecule has 1 amide bonds. The predicted octanol–water partition coefficient (Wildman–Crippen LogP) is 4.70. The molecule has 1 atom stereocenters. The second-order valence-electron chi connectivity index (χ2n) is 9.81. The van der Waals surface area contributed by atoms with Crippen molar-refractivity contribution in [2.45, 2.75) is 75.1 Å². The Morgan fingerprint density at radius 3 is 2.54 bits per heavy atom. The highest BCUT2D eigenvalue weighted by Gasteiger charge is 2.42. The van der Waals surface area contributed by atoms with Crippen molar-refractivity contribution in [1.82, 2.24) is 9.21 Å². The van der Waals surface area contributed by atoms with Gasteiger partial charge in [0.1, 0.15) is 6.04 Å². The molecule has 1 saturated carbocycles. The van der Waals surface area contributed by atoms with E-state index in [2.05, 4.69) is 29.6 Å². The quantitative estimate of drug-likeness (QED) is 0.520. The second-order valence-corrected chi connectivity index (χ2v) is 12.6. The van der Waals surface area contributed by atoms with Crippen LogP contribution in [-0.2, 0) is 21.4 Å². The van der Waals surface area contributed by atoms with Gasteiger partial charge in [-0.3, -0.25) is 4.79 Å². The molecular formula is C27H32N2O4S2. The Balaban J connectivity index is 1.44. The molecule has 0 radical (unpaired) electrons. The maximum atomic E-state index is 14.0. The lowest BCUT2D eigenvalue weighted by Gasteiger charge is -2.38. The molecule has 1 saturated heterocycles. The Hall–Kier alpha value is -2.26. The smallest absolute Gasteiger partial charge is 0.243 e. The van der Waals surface area contributed by atoms with Gasteiger partial charge in [-0.2, -0.15) is 4.31 Å². The first-order valence-electron chi connectivity index (χ1n) is 12.4. The molecule has 8 heteroatoms. The highest BCUT2D eigenvalue weighted by molar-refractivity contribution is 7.89. The van der Waals surface area contributed by atoms with Crippen LogP contribution in [0.5, 0.6) is 0 Å². The van der Waals surface area contributed by atoms with Gasteiger partial charge in [-0.15, -0.1) is 11.3 Å². The van der Waals surface area contributed by atoms with Crippen LogP contribution >= 0.6 is 11.3 Å². The lowest BCUT2D eigenvalue weighted by Crippen LogP contribution is -2.51. The third-order valence-corrected chi connectivity index (χ3v) is 10.2. The number of aliphatic hydroxyl groups is 1. The van der Waals surface area contributed by atoms with Gasteiger partial charge in [-0.1, -0.05) is 23.8 Å². The van der Waals surface area contributed by atoms with E-state index in [1.54, 1.807) is 35.6 Å². The zero-order valence-corrected chi connectivity index (χ0v) is 21.6. The van der Waals surface area contributed by atoms with Gasteiger partial charge in [-0.25, -0.2) is 8.42 Å². The maximum absolute atomic E-state index is 14.0. The van der Waals surface area contributed by atoms with Crippen molar-refractivity contribution in [2.24, 2.45) is 0 Å². The van der Waals surface area contributed by atoms with Crippen LogP contribution in [0.3, 0.4) is 0 Å². The highest BCUT2D eigenvalue weighted by atomic mass is 32.2. The fraction of sp³-hybridized carbons (Fsp3) is 0.444. The van der Waals surface area contributed by atoms with Gasteiger partial charge in [-0.05, 0) is 92.1 Å². The normalized spacial score (nSPS) is 23.5. The van der Waals surface area contributed by atoms with Crippen molar-refractivity contribution < 1.29 is 18.3 Å². The summed E-state index contributed by atoms with van der Waals surface area (Å²) >= 11 is 1.69. The first kappa shape index (κ1) is 24.4. The van der Waals surface area contributed by atoms with Gasteiger partial charge >= 0.3 is 0 Å². The molecule has 186 valence electrons. The molecule has 1 aromatic heterocycles. The first-order valence-corrected chi connectivity index (χ1v) is 14.7. The topological polar surface area (TPSA) is 77.9 Å². The van der Waals surface area contributed by atoms with Crippen molar-refractivity contribution in [1.29, 1.82) is 0 Å². The van der Waals surface area contributed by atoms with E-state index in [4.69, 9.17) is 0 Å². The van der Waals surface area contributed by atoms with Crippen molar-refractivity contribution in [2.75, 3.05) is 6.54 Å². The van der Waals surface area contributed by atoms with Gasteiger partial charge in [0.15, 0.2) is 0 Å². The number of benzene rings is 2. The summed E-state index contributed by atoms with van der Waals surface area (Å²) in [5, 5.41) is 13.3. The minimum absolute atomic E-state index is 0.00593. The van der Waals surface area contributed by atoms with Gasteiger partial charge in [0, 0.05) is 23.8 Å². The summed E-state index contributed by atoms with van der Waals surface area (Å²) in [4.78, 5) is 16.2. The number of carbonyl (C=O) groups is 1. The number of amides is 1. The van der Waals surface area contributed by atoms with E-state index in [1.807, 2.05) is 11.8 Å². The minimum atomic E-state index is -3.77. The minimum Gasteiger partial charge on any atom is -0.393 e. The van der Waals surface area contributed by atoms with E-state index >= 15 is 0 Å². The summed E-state index contributed by atoms with van der Waals surface area (Å²) in [7, 11) is -3.77. The highest BCUT2D eigenvalue weighted by Crippen LogP contribution is 2.32. The summed E-state index contributed by atoms with van der Waals surface area (Å²) in [6.45, 7) is 2.72. The fourth-order valence-electron chi connectivity index (χ4n) is 5.38. The number of hydrogen-bond donors (Lipinski definition) is 1. The Morgan fingerprint density at radius 2 is 1.80 bits per heavy atom. The molecule has 35 heavy (non-hydrogen) atoms. The molecule has 0 unspecified atom stereocenters. The third-order valence-electron chi connectivity index (χ3n) is 7.38. The third kappa shape index (κ3) is 5.03. The number of rotatable bonds is 6. The number of sulfonamides is 1. The summed E-state index contributed by atoms with van der Waals surface area (Å²) in [6, 6.07) is 14.5. The van der Waals surface area contributed by atoms with Gasteiger partial charge in [0.05, 0.1) is 11.0 Å². The standard InChI is InChI=1S/C27H32N2O4S2/c1-19-4-11-24(12-5-19)35(32,33)29-15-2-3-25(29)27(31)28(22-7-9-23(30)10-8-22)18-20-6-13-26-21(17-20)14-16-34-26/h4-6,11-14,16-17,22-23,25,30H,2-3,7-10,15,18H2,1H3/t22?,23?,25-/m0/s1. The summed E-state index contributed by atoms with van der Waals surface area (Å²) in [6.07, 6.45) is 3.65. The van der Waals surface area contributed by atoms with Crippen molar-refractivity contribution >= 4 is 37.4 Å². The molecule has 0 spiro atoms. The Bertz CT molecular complexity index is 1290. The molecular weight excluding hydrogens is 480 g/mol. The SMILES string of the molecule is Cc1ccc(S(=O)(=O)N2CCC[C@H]2C(=O)N(Cc2ccc3sccc3c2)C2CCC(O)CC2)cc1. The predicted molar refractivity (Wildman–Crippen MR) is 139 cm³/mol. The second kappa shape index (κ2) is 10.0. The van der Waals surface area contributed by atoms with Crippen LogP contribution in [0, 0.1) is 6.92 Å². The van der Waals surface area contributed by atoms with Crippen LogP contribution in [-0.4, -0.2) is 53.4 Å². The number of aryl methyl sites for hydroxylation is 1. The summed E-state index contributed by atoms with van der Waals surface area (Å²) in [5.74, 6) is -0.120. The van der Waals surface area contributed by atoms with Crippen molar-refractivity contribution in [3.8, 4) is 0 Å². The number of nitrogens with zero attached hydrogens (tertiary/aromatic N) is 2. The largest absolute Gasteiger partial charge is 0.393 e. The molecule has 1 N–H and O–H groups in total. The van der Waals surface area contributed by atoms with Gasteiger partial charge in [0.2, 0.25) is 15.9 Å². The number of aliphatic hydroxyl groups excluding tert-OH is 1. The fourth-order valence-corrected chi connectivity index (χ4v) is 7.80. The Morgan fingerprint density at radius 1 is 1.06 bits per heavy atom. The van der Waals surface area contributed by atoms with Gasteiger partial charge in [0.25, 0.3) is 0 Å². The molecule has 2 aromatic carbocycles. The molecule has 2 heterocycles. The summed E-state index contributed by atoms with van der Waals surface area (Å²) < 4.78 is 29.6. The molecule has 0 bridgehead atoms. The number of hydrogen-bond acceptors (Lipinski definition) is 5. The molecule has 2 fully saturated rings. The van der Waals surface area contributed by atoms with E-state index in [0.29, 0.717) is 38.8 Å². The van der Waals surface area contributed by atoms with E-state index < -0.39 is 16.1 Å². The summed E-state index contributed by atoms with van der Waals surface area (Å²) in [5.41, 5.74) is 2.03. The average molecular weight is 513 g/mol. The number of carbonyl (C=O) groups excluding carboxylic acids is 1. The average Bonchev–Trinajstić information content (AvgIpc) is 3.53. The van der Waals surface area contributed by atoms with Crippen LogP contribution in [0.25, 0.3) is 10.1 Å². The van der Waals surface area contributed by atoms with Crippen LogP contribution in [0.1, 0.15) is 49.7 Å². The van der Waals surface area contributed by atoms with E-state index in [9.17, 15) is 18.3 Å². The molecule has 1 aliphatic heterocycles. The maximum Gasteiger partial charge on any atom is 0.243 e. The first-order chi connectivity index (χ1) is 16.8. The Kier molecular flexibility index (Phi) is 6.99. The van der Waals surface area contributed by atoms with Crippen LogP contribution in [0.4, 0.5) is 0 Å². The van der Waals surface area contributed by atoms with Crippen molar-refractivity contribution in [3.05, 3.63) is 65.0 Å². The zero-order chi connectivity index (χ0) is 24.6. The lowest BCUT2D eigenvalue weighted by atomic mass is 9.91. The molecule has 6 nitrogen and oxygen atoms in total. The number of fused-ring (bicyclic) bond motifs is 1. The molecule has 1 aliphatic carbocycles. The number of thiophene rings is 1. The van der Waals surface area contributed by atoms with Crippen LogP contribution in [0.15, 0.2) is 58.8 Å². The lowest BCUT2D eigenvalue weighted by molar-refractivity contribution is -0.139. The van der Waals surface area contributed by atoms with E-state index in [1.165, 1.54) is 9.01 Å². The Labute approximate surface area is 211 Å². The zero-order valence-electron chi connectivity index (χ0n) is 20.0. The monoisotopic (exact) mass is 512 g/mol. The van der Waals surface area contributed by atoms with E-state index in [-0.39, 0.29) is 22.9 Å².